The van der Waals surface area contributed by atoms with E-state index in [9.17, 15) is 30.3 Å². The highest BCUT2D eigenvalue weighted by Crippen LogP contribution is 2.24. The van der Waals surface area contributed by atoms with Gasteiger partial charge in [0.25, 0.3) is 0 Å². The first-order valence-electron chi connectivity index (χ1n) is 36.7. The number of aliphatic hydroxyl groups excluding tert-OH is 5. The van der Waals surface area contributed by atoms with Crippen molar-refractivity contribution in [2.75, 3.05) is 13.2 Å². The van der Waals surface area contributed by atoms with Crippen molar-refractivity contribution in [3.05, 3.63) is 36.5 Å². The van der Waals surface area contributed by atoms with E-state index in [2.05, 4.69) is 55.6 Å². The van der Waals surface area contributed by atoms with Crippen LogP contribution >= 0.6 is 0 Å². The molecule has 1 amide bonds. The van der Waals surface area contributed by atoms with Gasteiger partial charge in [-0.25, -0.2) is 0 Å². The maximum absolute atomic E-state index is 13.2. The van der Waals surface area contributed by atoms with E-state index < -0.39 is 49.5 Å². The highest BCUT2D eigenvalue weighted by Gasteiger charge is 2.44. The minimum atomic E-state index is -1.55. The molecule has 0 aromatic carbocycles. The highest BCUT2D eigenvalue weighted by molar-refractivity contribution is 5.76. The van der Waals surface area contributed by atoms with Crippen LogP contribution < -0.4 is 5.32 Å². The molecule has 1 fully saturated rings. The van der Waals surface area contributed by atoms with Gasteiger partial charge in [0.05, 0.1) is 25.4 Å². The van der Waals surface area contributed by atoms with Crippen LogP contribution in [0.25, 0.3) is 0 Å². The highest BCUT2D eigenvalue weighted by atomic mass is 16.7. The molecule has 0 radical (unpaired) electrons. The summed E-state index contributed by atoms with van der Waals surface area (Å²) in [5.74, 6) is -0.136. The fraction of sp³-hybridized carbons (Fsp3) is 0.905. The van der Waals surface area contributed by atoms with Crippen molar-refractivity contribution >= 4 is 5.91 Å². The molecule has 0 aromatic rings. The molecule has 1 heterocycles. The summed E-state index contributed by atoms with van der Waals surface area (Å²) < 4.78 is 11.4. The molecule has 1 saturated heterocycles. The van der Waals surface area contributed by atoms with Gasteiger partial charge in [0.15, 0.2) is 6.29 Å². The Labute approximate surface area is 514 Å². The molecule has 0 bridgehead atoms. The van der Waals surface area contributed by atoms with Crippen LogP contribution in [0.4, 0.5) is 0 Å². The van der Waals surface area contributed by atoms with Crippen LogP contribution in [0.3, 0.4) is 0 Å². The zero-order valence-corrected chi connectivity index (χ0v) is 55.0. The normalized spacial score (nSPS) is 18.4. The van der Waals surface area contributed by atoms with Crippen LogP contribution in [0.1, 0.15) is 373 Å². The Balaban J connectivity index is 2.08. The zero-order chi connectivity index (χ0) is 60.0. The summed E-state index contributed by atoms with van der Waals surface area (Å²) in [5.41, 5.74) is 0. The molecule has 1 aliphatic heterocycles. The third-order valence-corrected chi connectivity index (χ3v) is 17.7. The Bertz CT molecular complexity index is 1410. The molecule has 490 valence electrons. The monoisotopic (exact) mass is 1170 g/mol. The summed E-state index contributed by atoms with van der Waals surface area (Å²) in [5, 5.41) is 55.0. The van der Waals surface area contributed by atoms with Crippen LogP contribution in [-0.2, 0) is 14.3 Å². The van der Waals surface area contributed by atoms with E-state index in [1.54, 1.807) is 0 Å². The maximum atomic E-state index is 13.2. The topological polar surface area (TPSA) is 149 Å². The molecular weight excluding hydrogens is 1030 g/mol. The van der Waals surface area contributed by atoms with Crippen LogP contribution in [0.2, 0.25) is 0 Å². The number of hydrogen-bond acceptors (Lipinski definition) is 8. The number of allylic oxidation sites excluding steroid dienone is 6. The van der Waals surface area contributed by atoms with E-state index in [1.165, 1.54) is 295 Å². The molecule has 1 aliphatic rings. The zero-order valence-electron chi connectivity index (χ0n) is 55.0. The summed E-state index contributed by atoms with van der Waals surface area (Å²) in [6.45, 7) is 3.88. The Hall–Kier alpha value is -1.59. The van der Waals surface area contributed by atoms with Crippen molar-refractivity contribution in [1.82, 2.24) is 5.32 Å². The molecule has 7 atom stereocenters. The van der Waals surface area contributed by atoms with E-state index in [4.69, 9.17) is 9.47 Å². The van der Waals surface area contributed by atoms with E-state index in [1.807, 2.05) is 0 Å². The minimum Gasteiger partial charge on any atom is -0.394 e. The van der Waals surface area contributed by atoms with Gasteiger partial charge in [-0.2, -0.15) is 0 Å². The molecule has 0 aromatic heterocycles. The summed E-state index contributed by atoms with van der Waals surface area (Å²) in [6, 6.07) is -0.719. The fourth-order valence-corrected chi connectivity index (χ4v) is 12.0. The molecule has 1 rings (SSSR count). The molecule has 0 aliphatic carbocycles. The molecule has 7 unspecified atom stereocenters. The number of rotatable bonds is 65. The number of carbonyl (C=O) groups is 1. The minimum absolute atomic E-state index is 0.134. The first kappa shape index (κ1) is 79.4. The van der Waals surface area contributed by atoms with E-state index in [-0.39, 0.29) is 12.5 Å². The second-order valence-corrected chi connectivity index (χ2v) is 25.7. The van der Waals surface area contributed by atoms with Crippen LogP contribution in [-0.4, -0.2) is 87.5 Å². The second-order valence-electron chi connectivity index (χ2n) is 25.7. The number of carbonyl (C=O) groups excluding carboxylic acids is 1. The number of nitrogens with one attached hydrogen (secondary N) is 1. The molecule has 0 saturated carbocycles. The Morgan fingerprint density at radius 2 is 0.711 bits per heavy atom. The number of amides is 1. The second kappa shape index (κ2) is 63.4. The summed E-state index contributed by atoms with van der Waals surface area (Å²) in [7, 11) is 0. The lowest BCUT2D eigenvalue weighted by molar-refractivity contribution is -0.302. The van der Waals surface area contributed by atoms with Gasteiger partial charge in [-0.05, 0) is 51.4 Å². The van der Waals surface area contributed by atoms with Gasteiger partial charge in [0.1, 0.15) is 24.4 Å². The molecule has 83 heavy (non-hydrogen) atoms. The molecule has 9 heteroatoms. The first-order chi connectivity index (χ1) is 40.8. The van der Waals surface area contributed by atoms with Gasteiger partial charge in [0, 0.05) is 6.42 Å². The van der Waals surface area contributed by atoms with E-state index in [0.29, 0.717) is 12.8 Å². The quantitative estimate of drug-likeness (QED) is 0.0261. The molecule has 9 nitrogen and oxygen atoms in total. The van der Waals surface area contributed by atoms with E-state index in [0.717, 1.165) is 51.4 Å². The smallest absolute Gasteiger partial charge is 0.220 e. The number of hydrogen-bond donors (Lipinski definition) is 6. The predicted octanol–water partition coefficient (Wildman–Crippen LogP) is 20.2. The maximum Gasteiger partial charge on any atom is 0.220 e. The number of unbranched alkanes of at least 4 members (excludes halogenated alkanes) is 49. The summed E-state index contributed by atoms with van der Waals surface area (Å²) in [4.78, 5) is 13.2. The average molecular weight is 1170 g/mol. The predicted molar refractivity (Wildman–Crippen MR) is 355 cm³/mol. The van der Waals surface area contributed by atoms with Crippen molar-refractivity contribution in [2.24, 2.45) is 0 Å². The lowest BCUT2D eigenvalue weighted by atomic mass is 9.99. The van der Waals surface area contributed by atoms with E-state index >= 15 is 0 Å². The first-order valence-corrected chi connectivity index (χ1v) is 36.7. The molecular formula is C74H141NO8. The summed E-state index contributed by atoms with van der Waals surface area (Å²) >= 11 is 0. The third-order valence-electron chi connectivity index (χ3n) is 17.7. The van der Waals surface area contributed by atoms with Crippen molar-refractivity contribution in [2.45, 2.75) is 416 Å². The molecule has 0 spiro atoms. The van der Waals surface area contributed by atoms with Gasteiger partial charge >= 0.3 is 0 Å². The van der Waals surface area contributed by atoms with Crippen molar-refractivity contribution < 1.29 is 39.8 Å². The largest absolute Gasteiger partial charge is 0.394 e. The lowest BCUT2D eigenvalue weighted by Gasteiger charge is -2.40. The van der Waals surface area contributed by atoms with Crippen molar-refractivity contribution in [3.63, 3.8) is 0 Å². The van der Waals surface area contributed by atoms with Gasteiger partial charge in [-0.1, -0.05) is 352 Å². The Morgan fingerprint density at radius 1 is 0.410 bits per heavy atom. The third kappa shape index (κ3) is 52.1. The van der Waals surface area contributed by atoms with Crippen LogP contribution in [0, 0.1) is 0 Å². The SMILES string of the molecule is CCCCCCC/C=C\C/C=C\C/C=C\CCCCCCCCCCCCCCCCCCCCCCC(=O)NC(COC1OC(CO)C(O)C(O)C1O)C(O)CCCCCCCCCCCCCCCCCCCCCCCCCCC. The standard InChI is InChI=1S/C74H141NO8/c1-3-5-7-9-11-13-15-17-19-21-23-25-27-29-30-31-32-33-34-35-36-37-38-40-42-44-46-48-50-52-54-56-58-60-62-64-70(78)75-67(66-82-74-73(81)72(80)71(79)69(65-76)83-74)68(77)63-61-59-57-55-53-51-49-47-45-43-41-39-28-26-24-22-20-18-16-14-12-10-8-6-4-2/h15,17,21,23,27,29,67-69,71-74,76-77,79-81H,3-14,16,18-20,22,24-26,28,30-66H2,1-2H3,(H,75,78)/b17-15-,23-21-,29-27-. The van der Waals surface area contributed by atoms with Crippen LogP contribution in [0.5, 0.6) is 0 Å². The Morgan fingerprint density at radius 3 is 1.05 bits per heavy atom. The average Bonchev–Trinajstić information content (AvgIpc) is 3.60. The fourth-order valence-electron chi connectivity index (χ4n) is 12.0. The van der Waals surface area contributed by atoms with Gasteiger partial charge in [-0.15, -0.1) is 0 Å². The van der Waals surface area contributed by atoms with Crippen LogP contribution in [0.15, 0.2) is 36.5 Å². The van der Waals surface area contributed by atoms with Gasteiger partial charge in [0.2, 0.25) is 5.91 Å². The van der Waals surface area contributed by atoms with Gasteiger partial charge < -0.3 is 40.3 Å². The molecule has 6 N–H and O–H groups in total. The van der Waals surface area contributed by atoms with Gasteiger partial charge in [-0.3, -0.25) is 4.79 Å². The van der Waals surface area contributed by atoms with Crippen molar-refractivity contribution in [1.29, 1.82) is 0 Å². The number of aliphatic hydroxyl groups is 5. The van der Waals surface area contributed by atoms with Crippen molar-refractivity contribution in [3.8, 4) is 0 Å². The Kier molecular flexibility index (Phi) is 60.7. The summed E-state index contributed by atoms with van der Waals surface area (Å²) in [6.07, 6.45) is 77.9. The number of ether oxygens (including phenoxy) is 2. The lowest BCUT2D eigenvalue weighted by Crippen LogP contribution is -2.60.